The zero-order valence-electron chi connectivity index (χ0n) is 29.3. The first-order valence-electron chi connectivity index (χ1n) is 16.8. The van der Waals surface area contributed by atoms with Crippen LogP contribution >= 0.6 is 22.7 Å². The van der Waals surface area contributed by atoms with Gasteiger partial charge in [-0.3, -0.25) is 9.78 Å². The average Bonchev–Trinajstić information content (AvgIpc) is 3.82. The van der Waals surface area contributed by atoms with Gasteiger partial charge in [-0.25, -0.2) is 14.6 Å². The molecule has 3 N–H and O–H groups in total. The van der Waals surface area contributed by atoms with Crippen molar-refractivity contribution in [3.8, 4) is 0 Å². The van der Waals surface area contributed by atoms with Crippen LogP contribution in [-0.2, 0) is 40.3 Å². The van der Waals surface area contributed by atoms with Crippen LogP contribution in [0.1, 0.15) is 66.2 Å². The van der Waals surface area contributed by atoms with E-state index < -0.39 is 24.3 Å². The molecule has 4 atom stereocenters. The van der Waals surface area contributed by atoms with E-state index in [-0.39, 0.29) is 24.6 Å². The van der Waals surface area contributed by atoms with Gasteiger partial charge in [0.2, 0.25) is 5.91 Å². The van der Waals surface area contributed by atoms with Crippen molar-refractivity contribution >= 4 is 40.7 Å². The predicted octanol–water partition coefficient (Wildman–Crippen LogP) is 6.31. The molecule has 2 aromatic heterocycles. The van der Waals surface area contributed by atoms with Crippen LogP contribution in [0.2, 0.25) is 0 Å². The van der Waals surface area contributed by atoms with Crippen molar-refractivity contribution in [1.82, 2.24) is 30.8 Å². The highest BCUT2D eigenvalue weighted by Crippen LogP contribution is 2.20. The summed E-state index contributed by atoms with van der Waals surface area (Å²) in [5, 5.41) is 12.1. The van der Waals surface area contributed by atoms with Crippen molar-refractivity contribution in [3.63, 3.8) is 0 Å². The lowest BCUT2D eigenvalue weighted by Crippen LogP contribution is -2.57. The molecule has 11 nitrogen and oxygen atoms in total. The Kier molecular flexibility index (Phi) is 15.2. The molecule has 2 heterocycles. The maximum absolute atomic E-state index is 13.9. The van der Waals surface area contributed by atoms with Gasteiger partial charge < -0.3 is 30.3 Å². The Hall–Kier alpha value is -4.33. The summed E-state index contributed by atoms with van der Waals surface area (Å²) in [5.41, 5.74) is 4.62. The molecule has 0 fully saturated rings. The Balaban J connectivity index is 1.45. The number of carbonyl (C=O) groups excluding carboxylic acids is 3. The molecule has 50 heavy (non-hydrogen) atoms. The second kappa shape index (κ2) is 19.8. The van der Waals surface area contributed by atoms with Crippen LogP contribution in [0.5, 0.6) is 0 Å². The maximum atomic E-state index is 13.9. The van der Waals surface area contributed by atoms with E-state index in [1.165, 1.54) is 23.3 Å². The number of ether oxygens (including phenoxy) is 2. The van der Waals surface area contributed by atoms with Gasteiger partial charge in [0, 0.05) is 43.7 Å². The molecule has 4 amide bonds. The summed E-state index contributed by atoms with van der Waals surface area (Å²) >= 11 is 3.00. The average molecular weight is 721 g/mol. The van der Waals surface area contributed by atoms with E-state index in [9.17, 15) is 14.4 Å². The molecule has 0 aliphatic heterocycles. The highest BCUT2D eigenvalue weighted by Gasteiger charge is 2.30. The van der Waals surface area contributed by atoms with Crippen LogP contribution in [0, 0.1) is 0 Å². The molecule has 268 valence electrons. The van der Waals surface area contributed by atoms with Crippen LogP contribution in [0.4, 0.5) is 9.59 Å². The summed E-state index contributed by atoms with van der Waals surface area (Å²) in [6.45, 7) is 6.37. The molecule has 0 spiro atoms. The number of thiazole rings is 2. The van der Waals surface area contributed by atoms with Gasteiger partial charge in [0.25, 0.3) is 0 Å². The number of rotatable bonds is 18. The van der Waals surface area contributed by atoms with E-state index in [4.69, 9.17) is 9.47 Å². The monoisotopic (exact) mass is 720 g/mol. The molecule has 3 unspecified atom stereocenters. The lowest BCUT2D eigenvalue weighted by Gasteiger charge is -2.29. The molecule has 0 bridgehead atoms. The number of hydrogen-bond acceptors (Lipinski definition) is 9. The van der Waals surface area contributed by atoms with Crippen LogP contribution < -0.4 is 16.0 Å². The first kappa shape index (κ1) is 38.5. The van der Waals surface area contributed by atoms with Gasteiger partial charge in [0.15, 0.2) is 0 Å². The lowest BCUT2D eigenvalue weighted by atomic mass is 9.95. The van der Waals surface area contributed by atoms with Gasteiger partial charge in [-0.05, 0) is 43.7 Å². The van der Waals surface area contributed by atoms with Crippen LogP contribution in [0.25, 0.3) is 0 Å². The molecule has 2 aromatic carbocycles. The third-order valence-electron chi connectivity index (χ3n) is 8.22. The molecule has 0 saturated carbocycles. The van der Waals surface area contributed by atoms with Gasteiger partial charge in [-0.1, -0.05) is 74.5 Å². The van der Waals surface area contributed by atoms with Crippen molar-refractivity contribution in [2.75, 3.05) is 14.2 Å². The van der Waals surface area contributed by atoms with Gasteiger partial charge in [-0.2, -0.15) is 0 Å². The third-order valence-corrected chi connectivity index (χ3v) is 10.2. The van der Waals surface area contributed by atoms with Crippen molar-refractivity contribution in [1.29, 1.82) is 0 Å². The maximum Gasteiger partial charge on any atom is 0.407 e. The molecule has 13 heteroatoms. The number of methoxy groups -OCH3 is 1. The zero-order chi connectivity index (χ0) is 35.9. The normalized spacial score (nSPS) is 13.6. The number of benzene rings is 2. The standard InChI is InChI=1S/C37H48N6O5S2/c1-25(2)35-40-31(23-49-35)21-43(4)36(45)42-33(26(3)47-5)34(44)39-29(18-27-12-8-6-9-13-27)16-17-30(19-28-14-10-7-11-15-28)41-37(46)48-22-32-20-38-24-50-32/h6-15,20,23-26,29-30,33H,16-19,21-22H2,1-5H3,(H,39,44)(H,41,46)(H,42,45)/t26?,29?,30-,33?/m0/s1. The molecule has 4 rings (SSSR count). The molecule has 4 aromatic rings. The molecular weight excluding hydrogens is 673 g/mol. The van der Waals surface area contributed by atoms with E-state index in [1.807, 2.05) is 66.0 Å². The fourth-order valence-corrected chi connectivity index (χ4v) is 6.68. The minimum absolute atomic E-state index is 0.143. The Labute approximate surface area is 302 Å². The van der Waals surface area contributed by atoms with Gasteiger partial charge >= 0.3 is 12.1 Å². The number of hydrogen-bond donors (Lipinski definition) is 3. The fraction of sp³-hybridized carbons (Fsp3) is 0.432. The molecule has 0 saturated heterocycles. The topological polar surface area (TPSA) is 135 Å². The molecular formula is C37H48N6O5S2. The number of aromatic nitrogens is 2. The lowest BCUT2D eigenvalue weighted by molar-refractivity contribution is -0.126. The number of nitrogens with one attached hydrogen (secondary N) is 3. The zero-order valence-corrected chi connectivity index (χ0v) is 31.0. The van der Waals surface area contributed by atoms with E-state index in [2.05, 4.69) is 39.8 Å². The number of urea groups is 1. The summed E-state index contributed by atoms with van der Waals surface area (Å²) in [6, 6.07) is 17.9. The number of alkyl carbamates (subject to hydrolysis) is 1. The molecule has 0 aliphatic carbocycles. The van der Waals surface area contributed by atoms with Gasteiger partial charge in [-0.15, -0.1) is 22.7 Å². The SMILES string of the molecule is COC(C)C(NC(=O)N(C)Cc1csc(C(C)C)n1)C(=O)NC(CC[C@@H](Cc1ccccc1)NC(=O)OCc1cncs1)Cc1ccccc1. The first-order valence-corrected chi connectivity index (χ1v) is 18.5. The largest absolute Gasteiger partial charge is 0.444 e. The minimum atomic E-state index is -0.949. The molecule has 0 aliphatic rings. The quantitative estimate of drug-likeness (QED) is 0.110. The summed E-state index contributed by atoms with van der Waals surface area (Å²) in [4.78, 5) is 51.1. The number of nitrogens with zero attached hydrogens (tertiary/aromatic N) is 3. The van der Waals surface area contributed by atoms with Crippen molar-refractivity contribution in [2.45, 2.75) is 89.8 Å². The Bertz CT molecular complexity index is 1600. The second-order valence-corrected chi connectivity index (χ2v) is 14.5. The van der Waals surface area contributed by atoms with Gasteiger partial charge in [0.1, 0.15) is 12.6 Å². The van der Waals surface area contributed by atoms with Crippen molar-refractivity contribution in [3.05, 3.63) is 104 Å². The van der Waals surface area contributed by atoms with Gasteiger partial charge in [0.05, 0.1) is 33.7 Å². The highest BCUT2D eigenvalue weighted by molar-refractivity contribution is 7.09. The third kappa shape index (κ3) is 12.5. The van der Waals surface area contributed by atoms with E-state index >= 15 is 0 Å². The van der Waals surface area contributed by atoms with Crippen LogP contribution in [-0.4, -0.2) is 71.3 Å². The van der Waals surface area contributed by atoms with Crippen LogP contribution in [0.15, 0.2) is 77.8 Å². The summed E-state index contributed by atoms with van der Waals surface area (Å²) in [6.07, 6.45) is 2.83. The molecule has 0 radical (unpaired) electrons. The summed E-state index contributed by atoms with van der Waals surface area (Å²) < 4.78 is 11.0. The Morgan fingerprint density at radius 3 is 2.02 bits per heavy atom. The van der Waals surface area contributed by atoms with E-state index in [1.54, 1.807) is 37.0 Å². The minimum Gasteiger partial charge on any atom is -0.444 e. The highest BCUT2D eigenvalue weighted by atomic mass is 32.1. The number of amides is 4. The van der Waals surface area contributed by atoms with E-state index in [0.29, 0.717) is 38.1 Å². The fourth-order valence-electron chi connectivity index (χ4n) is 5.35. The predicted molar refractivity (Wildman–Crippen MR) is 197 cm³/mol. The summed E-state index contributed by atoms with van der Waals surface area (Å²) in [7, 11) is 3.19. The van der Waals surface area contributed by atoms with Crippen molar-refractivity contribution < 1.29 is 23.9 Å². The number of carbonyl (C=O) groups is 3. The Morgan fingerprint density at radius 2 is 1.48 bits per heavy atom. The van der Waals surface area contributed by atoms with E-state index in [0.717, 1.165) is 26.7 Å². The first-order chi connectivity index (χ1) is 24.1. The summed E-state index contributed by atoms with van der Waals surface area (Å²) in [5.74, 6) is -0.0472. The smallest absolute Gasteiger partial charge is 0.407 e. The van der Waals surface area contributed by atoms with Crippen molar-refractivity contribution in [2.24, 2.45) is 0 Å². The second-order valence-electron chi connectivity index (χ2n) is 12.6. The Morgan fingerprint density at radius 1 is 0.860 bits per heavy atom. The van der Waals surface area contributed by atoms with Crippen LogP contribution in [0.3, 0.4) is 0 Å².